The van der Waals surface area contributed by atoms with Crippen molar-refractivity contribution in [1.82, 2.24) is 4.90 Å². The second-order valence-electron chi connectivity index (χ2n) is 5.87. The Labute approximate surface area is 127 Å². The molecule has 1 aromatic carbocycles. The average molecular weight is 293 g/mol. The second kappa shape index (κ2) is 7.66. The lowest BCUT2D eigenvalue weighted by molar-refractivity contribution is 0.0340. The Morgan fingerprint density at radius 2 is 1.67 bits per heavy atom. The highest BCUT2D eigenvalue weighted by atomic mass is 16.5. The fourth-order valence-corrected chi connectivity index (χ4v) is 3.52. The smallest absolute Gasteiger partial charge is 0.160 e. The summed E-state index contributed by atoms with van der Waals surface area (Å²) in [6.07, 6.45) is 4.85. The zero-order valence-electron chi connectivity index (χ0n) is 13.3. The first-order valence-electron chi connectivity index (χ1n) is 7.72. The molecule has 4 heteroatoms. The molecule has 3 atom stereocenters. The molecule has 2 aliphatic rings. The molecule has 21 heavy (non-hydrogen) atoms. The van der Waals surface area contributed by atoms with Gasteiger partial charge in [-0.15, -0.1) is 0 Å². The van der Waals surface area contributed by atoms with E-state index in [9.17, 15) is 5.11 Å². The van der Waals surface area contributed by atoms with E-state index in [2.05, 4.69) is 11.9 Å². The third-order valence-electron chi connectivity index (χ3n) is 4.60. The number of ether oxygens (including phenoxy) is 2. The van der Waals surface area contributed by atoms with E-state index in [0.29, 0.717) is 6.04 Å². The van der Waals surface area contributed by atoms with E-state index in [4.69, 9.17) is 9.47 Å². The molecule has 0 bridgehead atoms. The summed E-state index contributed by atoms with van der Waals surface area (Å²) < 4.78 is 10.0. The van der Waals surface area contributed by atoms with Crippen molar-refractivity contribution in [3.8, 4) is 11.5 Å². The number of hydrogen-bond donors (Lipinski definition) is 1. The molecule has 1 aliphatic heterocycles. The Hall–Kier alpha value is -1.26. The second-order valence-corrected chi connectivity index (χ2v) is 5.87. The molecule has 2 fully saturated rings. The molecule has 1 saturated carbocycles. The van der Waals surface area contributed by atoms with Crippen LogP contribution in [0.15, 0.2) is 24.3 Å². The Bertz CT molecular complexity index is 413. The Kier molecular flexibility index (Phi) is 5.88. The number of hydrogen-bond acceptors (Lipinski definition) is 4. The quantitative estimate of drug-likeness (QED) is 0.910. The number of methoxy groups -OCH3 is 2. The molecule has 3 unspecified atom stereocenters. The van der Waals surface area contributed by atoms with Gasteiger partial charge in [0.1, 0.15) is 0 Å². The lowest BCUT2D eigenvalue weighted by atomic mass is 9.83. The predicted octanol–water partition coefficient (Wildman–Crippen LogP) is 2.56. The first-order chi connectivity index (χ1) is 10.2. The van der Waals surface area contributed by atoms with Gasteiger partial charge in [0.15, 0.2) is 11.5 Å². The lowest BCUT2D eigenvalue weighted by Crippen LogP contribution is -2.42. The van der Waals surface area contributed by atoms with Gasteiger partial charge < -0.3 is 19.5 Å². The molecule has 3 rings (SSSR count). The Morgan fingerprint density at radius 1 is 1.05 bits per heavy atom. The van der Waals surface area contributed by atoms with Crippen molar-refractivity contribution in [3.63, 3.8) is 0 Å². The number of aliphatic hydroxyl groups is 1. The summed E-state index contributed by atoms with van der Waals surface area (Å²) in [5.74, 6) is 2.33. The number of para-hydroxylation sites is 2. The molecule has 1 aromatic rings. The van der Waals surface area contributed by atoms with E-state index in [0.717, 1.165) is 23.8 Å². The van der Waals surface area contributed by atoms with Crippen molar-refractivity contribution in [1.29, 1.82) is 0 Å². The van der Waals surface area contributed by atoms with Gasteiger partial charge in [0.2, 0.25) is 0 Å². The molecule has 0 radical (unpaired) electrons. The normalized spacial score (nSPS) is 28.3. The van der Waals surface area contributed by atoms with Gasteiger partial charge >= 0.3 is 0 Å². The standard InChI is InChI=1S/C9H17NO.C8H10O2/c1-10-6-5-7-3-2-4-8(11)9(7)10;1-9-7-5-3-4-6-8(7)10-2/h7-9,11H,2-6H2,1H3;3-6H,1-2H3. The van der Waals surface area contributed by atoms with Crippen LogP contribution in [-0.4, -0.2) is 50.0 Å². The van der Waals surface area contributed by atoms with E-state index in [-0.39, 0.29) is 6.10 Å². The highest BCUT2D eigenvalue weighted by Crippen LogP contribution is 2.35. The molecule has 0 amide bonds. The van der Waals surface area contributed by atoms with E-state index < -0.39 is 0 Å². The third-order valence-corrected chi connectivity index (χ3v) is 4.60. The van der Waals surface area contributed by atoms with Gasteiger partial charge in [-0.3, -0.25) is 0 Å². The van der Waals surface area contributed by atoms with Crippen LogP contribution in [0.25, 0.3) is 0 Å². The molecule has 0 aromatic heterocycles. The van der Waals surface area contributed by atoms with Crippen LogP contribution in [0.2, 0.25) is 0 Å². The fourth-order valence-electron chi connectivity index (χ4n) is 3.52. The zero-order valence-corrected chi connectivity index (χ0v) is 13.3. The number of rotatable bonds is 2. The van der Waals surface area contributed by atoms with Gasteiger partial charge in [-0.25, -0.2) is 0 Å². The predicted molar refractivity (Wildman–Crippen MR) is 83.9 cm³/mol. The van der Waals surface area contributed by atoms with E-state index in [1.165, 1.54) is 25.8 Å². The van der Waals surface area contributed by atoms with Crippen LogP contribution in [0.3, 0.4) is 0 Å². The Balaban J connectivity index is 0.000000155. The van der Waals surface area contributed by atoms with Crippen molar-refractivity contribution in [3.05, 3.63) is 24.3 Å². The highest BCUT2D eigenvalue weighted by molar-refractivity contribution is 5.39. The van der Waals surface area contributed by atoms with Crippen molar-refractivity contribution < 1.29 is 14.6 Å². The van der Waals surface area contributed by atoms with Crippen LogP contribution in [0.5, 0.6) is 11.5 Å². The van der Waals surface area contributed by atoms with Crippen LogP contribution in [0.1, 0.15) is 25.7 Å². The molecular weight excluding hydrogens is 266 g/mol. The number of nitrogens with zero attached hydrogens (tertiary/aromatic N) is 1. The van der Waals surface area contributed by atoms with Gasteiger partial charge in [-0.2, -0.15) is 0 Å². The fraction of sp³-hybridized carbons (Fsp3) is 0.647. The number of likely N-dealkylation sites (N-methyl/N-ethyl adjacent to an activating group) is 1. The maximum Gasteiger partial charge on any atom is 0.160 e. The van der Waals surface area contributed by atoms with Crippen molar-refractivity contribution in [2.45, 2.75) is 37.8 Å². The number of likely N-dealkylation sites (tertiary alicyclic amines) is 1. The van der Waals surface area contributed by atoms with Crippen LogP contribution in [-0.2, 0) is 0 Å². The number of benzene rings is 1. The minimum atomic E-state index is -0.0405. The Morgan fingerprint density at radius 3 is 2.19 bits per heavy atom. The largest absolute Gasteiger partial charge is 0.493 e. The van der Waals surface area contributed by atoms with Gasteiger partial charge in [0.25, 0.3) is 0 Å². The van der Waals surface area contributed by atoms with Gasteiger partial charge in [0.05, 0.1) is 20.3 Å². The summed E-state index contributed by atoms with van der Waals surface area (Å²) >= 11 is 0. The summed E-state index contributed by atoms with van der Waals surface area (Å²) in [7, 11) is 5.38. The molecule has 0 spiro atoms. The first kappa shape index (κ1) is 16.1. The average Bonchev–Trinajstić information content (AvgIpc) is 2.90. The maximum absolute atomic E-state index is 9.71. The van der Waals surface area contributed by atoms with Crippen molar-refractivity contribution >= 4 is 0 Å². The maximum atomic E-state index is 9.71. The van der Waals surface area contributed by atoms with E-state index in [1.807, 2.05) is 24.3 Å². The molecule has 1 aliphatic carbocycles. The third kappa shape index (κ3) is 3.89. The molecule has 1 heterocycles. The summed E-state index contributed by atoms with van der Waals surface area (Å²) in [5.41, 5.74) is 0. The number of aliphatic hydroxyl groups excluding tert-OH is 1. The minimum absolute atomic E-state index is 0.0405. The van der Waals surface area contributed by atoms with Gasteiger partial charge in [0, 0.05) is 6.04 Å². The van der Waals surface area contributed by atoms with Crippen LogP contribution in [0, 0.1) is 5.92 Å². The molecule has 118 valence electrons. The zero-order chi connectivity index (χ0) is 15.2. The van der Waals surface area contributed by atoms with Gasteiger partial charge in [-0.05, 0) is 50.9 Å². The topological polar surface area (TPSA) is 41.9 Å². The number of fused-ring (bicyclic) bond motifs is 1. The van der Waals surface area contributed by atoms with E-state index in [1.54, 1.807) is 14.2 Å². The van der Waals surface area contributed by atoms with Crippen LogP contribution < -0.4 is 9.47 Å². The summed E-state index contributed by atoms with van der Waals surface area (Å²) in [5, 5.41) is 9.71. The van der Waals surface area contributed by atoms with Crippen molar-refractivity contribution in [2.24, 2.45) is 5.92 Å². The van der Waals surface area contributed by atoms with Crippen LogP contribution in [0.4, 0.5) is 0 Å². The monoisotopic (exact) mass is 293 g/mol. The van der Waals surface area contributed by atoms with Crippen molar-refractivity contribution in [2.75, 3.05) is 27.8 Å². The summed E-state index contributed by atoms with van der Waals surface area (Å²) in [4.78, 5) is 2.33. The molecular formula is C17H27NO3. The minimum Gasteiger partial charge on any atom is -0.493 e. The first-order valence-corrected chi connectivity index (χ1v) is 7.72. The molecule has 4 nitrogen and oxygen atoms in total. The van der Waals surface area contributed by atoms with E-state index >= 15 is 0 Å². The highest BCUT2D eigenvalue weighted by Gasteiger charge is 2.38. The lowest BCUT2D eigenvalue weighted by Gasteiger charge is -2.33. The van der Waals surface area contributed by atoms with Crippen LogP contribution >= 0.6 is 0 Å². The van der Waals surface area contributed by atoms with Gasteiger partial charge in [-0.1, -0.05) is 18.6 Å². The summed E-state index contributed by atoms with van der Waals surface area (Å²) in [6, 6.07) is 8.02. The SMILES string of the molecule is CN1CCC2CCCC(O)C21.COc1ccccc1OC. The summed E-state index contributed by atoms with van der Waals surface area (Å²) in [6.45, 7) is 1.19. The molecule has 1 saturated heterocycles. The molecule has 1 N–H and O–H groups in total.